The van der Waals surface area contributed by atoms with Crippen LogP contribution < -0.4 is 11.2 Å². The zero-order valence-corrected chi connectivity index (χ0v) is 13.6. The molecule has 1 aliphatic heterocycles. The van der Waals surface area contributed by atoms with E-state index in [0.717, 1.165) is 44.7 Å². The van der Waals surface area contributed by atoms with E-state index in [4.69, 9.17) is 5.73 Å². The first kappa shape index (κ1) is 16.5. The van der Waals surface area contributed by atoms with Crippen molar-refractivity contribution in [3.63, 3.8) is 0 Å². The van der Waals surface area contributed by atoms with Crippen molar-refractivity contribution >= 4 is 11.7 Å². The lowest BCUT2D eigenvalue weighted by Gasteiger charge is -2.27. The number of hydrogen-bond donors (Lipinski definition) is 2. The zero-order valence-electron chi connectivity index (χ0n) is 13.6. The third kappa shape index (κ3) is 5.85. The molecular formula is C17H27N5. The van der Waals surface area contributed by atoms with Gasteiger partial charge in [-0.2, -0.15) is 5.10 Å². The second kappa shape index (κ2) is 8.54. The lowest BCUT2D eigenvalue weighted by atomic mass is 10.1. The standard InChI is InChI=1S/C17H27N5/c1-14(2)11-19-17(18)21-20-16-9-6-10-22(13-16)12-15-7-4-3-5-8-15/h3-5,7-8,14H,6,9-13H2,1-2H3,(H3,18,19,21)/b20-16-. The van der Waals surface area contributed by atoms with Gasteiger partial charge >= 0.3 is 0 Å². The molecule has 2 rings (SSSR count). The molecule has 1 fully saturated rings. The Morgan fingerprint density at radius 1 is 1.32 bits per heavy atom. The Morgan fingerprint density at radius 3 is 2.82 bits per heavy atom. The van der Waals surface area contributed by atoms with Gasteiger partial charge in [0.05, 0.1) is 5.71 Å². The topological polar surface area (TPSA) is 66.0 Å². The molecule has 5 nitrogen and oxygen atoms in total. The summed E-state index contributed by atoms with van der Waals surface area (Å²) in [6.07, 6.45) is 2.16. The third-order valence-corrected chi connectivity index (χ3v) is 3.55. The lowest BCUT2D eigenvalue weighted by molar-refractivity contribution is 0.283. The number of piperidine rings is 1. The lowest BCUT2D eigenvalue weighted by Crippen LogP contribution is -2.37. The third-order valence-electron chi connectivity index (χ3n) is 3.55. The van der Waals surface area contributed by atoms with Crippen molar-refractivity contribution in [3.8, 4) is 0 Å². The summed E-state index contributed by atoms with van der Waals surface area (Å²) in [5.41, 5.74) is 11.2. The molecule has 0 aromatic heterocycles. The average molecular weight is 301 g/mol. The molecule has 0 bridgehead atoms. The molecule has 5 heteroatoms. The van der Waals surface area contributed by atoms with Gasteiger partial charge in [0.25, 0.3) is 0 Å². The first-order valence-electron chi connectivity index (χ1n) is 8.01. The molecule has 0 radical (unpaired) electrons. The quantitative estimate of drug-likeness (QED) is 0.498. The van der Waals surface area contributed by atoms with E-state index in [0.29, 0.717) is 11.9 Å². The second-order valence-electron chi connectivity index (χ2n) is 6.21. The van der Waals surface area contributed by atoms with E-state index in [1.165, 1.54) is 5.56 Å². The summed E-state index contributed by atoms with van der Waals surface area (Å²) in [5.74, 6) is 0.908. The first-order valence-corrected chi connectivity index (χ1v) is 8.01. The van der Waals surface area contributed by atoms with E-state index < -0.39 is 0 Å². The Kier molecular flexibility index (Phi) is 6.40. The highest BCUT2D eigenvalue weighted by Crippen LogP contribution is 2.11. The molecule has 1 heterocycles. The SMILES string of the molecule is CC(C)CN=C(N)N/N=C1/CCCN(Cc2ccccc2)C1. The number of nitrogens with one attached hydrogen (secondary N) is 1. The molecule has 3 N–H and O–H groups in total. The number of guanidine groups is 1. The van der Waals surface area contributed by atoms with E-state index in [-0.39, 0.29) is 0 Å². The zero-order chi connectivity index (χ0) is 15.8. The van der Waals surface area contributed by atoms with Crippen LogP contribution in [-0.4, -0.2) is 36.2 Å². The van der Waals surface area contributed by atoms with Crippen LogP contribution >= 0.6 is 0 Å². The van der Waals surface area contributed by atoms with Crippen LogP contribution in [0.15, 0.2) is 40.4 Å². The summed E-state index contributed by atoms with van der Waals surface area (Å²) in [5, 5.41) is 4.42. The maximum Gasteiger partial charge on any atom is 0.209 e. The summed E-state index contributed by atoms with van der Waals surface area (Å²) in [6.45, 7) is 7.93. The van der Waals surface area contributed by atoms with Gasteiger partial charge in [0, 0.05) is 19.6 Å². The van der Waals surface area contributed by atoms with Crippen molar-refractivity contribution in [1.29, 1.82) is 0 Å². The van der Waals surface area contributed by atoms with Crippen molar-refractivity contribution in [2.45, 2.75) is 33.2 Å². The Balaban J connectivity index is 1.84. The van der Waals surface area contributed by atoms with Crippen molar-refractivity contribution < 1.29 is 0 Å². The number of nitrogens with zero attached hydrogens (tertiary/aromatic N) is 3. The van der Waals surface area contributed by atoms with Gasteiger partial charge in [0.15, 0.2) is 0 Å². The minimum absolute atomic E-state index is 0.404. The van der Waals surface area contributed by atoms with Crippen LogP contribution in [0, 0.1) is 5.92 Å². The predicted molar refractivity (Wildman–Crippen MR) is 92.9 cm³/mol. The highest BCUT2D eigenvalue weighted by Gasteiger charge is 2.15. The summed E-state index contributed by atoms with van der Waals surface area (Å²) < 4.78 is 0. The average Bonchev–Trinajstić information content (AvgIpc) is 2.52. The fourth-order valence-corrected chi connectivity index (χ4v) is 2.44. The molecule has 1 aromatic rings. The Hall–Kier alpha value is -1.88. The number of rotatable bonds is 5. The van der Waals surface area contributed by atoms with E-state index in [1.807, 2.05) is 0 Å². The number of nitrogens with two attached hydrogens (primary N) is 1. The van der Waals surface area contributed by atoms with Crippen LogP contribution in [0.2, 0.25) is 0 Å². The molecule has 0 atom stereocenters. The van der Waals surface area contributed by atoms with Crippen LogP contribution in [0.25, 0.3) is 0 Å². The van der Waals surface area contributed by atoms with Gasteiger partial charge in [-0.15, -0.1) is 0 Å². The first-order chi connectivity index (χ1) is 10.6. The molecule has 1 saturated heterocycles. The van der Waals surface area contributed by atoms with Crippen molar-refractivity contribution in [2.75, 3.05) is 19.6 Å². The number of hydrogen-bond acceptors (Lipinski definition) is 3. The molecule has 0 saturated carbocycles. The van der Waals surface area contributed by atoms with E-state index in [9.17, 15) is 0 Å². The molecule has 0 amide bonds. The van der Waals surface area contributed by atoms with E-state index >= 15 is 0 Å². The molecule has 22 heavy (non-hydrogen) atoms. The number of hydrazone groups is 1. The highest BCUT2D eigenvalue weighted by atomic mass is 15.4. The minimum Gasteiger partial charge on any atom is -0.369 e. The molecular weight excluding hydrogens is 274 g/mol. The van der Waals surface area contributed by atoms with Gasteiger partial charge in [-0.1, -0.05) is 44.2 Å². The maximum atomic E-state index is 5.82. The Bertz CT molecular complexity index is 507. The van der Waals surface area contributed by atoms with E-state index in [2.05, 4.69) is 64.6 Å². The predicted octanol–water partition coefficient (Wildman–Crippen LogP) is 2.20. The van der Waals surface area contributed by atoms with Crippen LogP contribution in [0.5, 0.6) is 0 Å². The Labute approximate surface area is 133 Å². The normalized spacial score (nSPS) is 18.9. The van der Waals surface area contributed by atoms with Gasteiger partial charge in [-0.05, 0) is 30.9 Å². The van der Waals surface area contributed by atoms with Crippen LogP contribution in [0.3, 0.4) is 0 Å². The monoisotopic (exact) mass is 301 g/mol. The molecule has 1 aromatic carbocycles. The molecule has 1 aliphatic rings. The largest absolute Gasteiger partial charge is 0.369 e. The fraction of sp³-hybridized carbons (Fsp3) is 0.529. The molecule has 0 aliphatic carbocycles. The summed E-state index contributed by atoms with van der Waals surface area (Å²) in [7, 11) is 0. The number of benzene rings is 1. The highest BCUT2D eigenvalue weighted by molar-refractivity contribution is 5.88. The summed E-state index contributed by atoms with van der Waals surface area (Å²) in [6, 6.07) is 10.6. The minimum atomic E-state index is 0.404. The van der Waals surface area contributed by atoms with Crippen LogP contribution in [0.4, 0.5) is 0 Å². The second-order valence-corrected chi connectivity index (χ2v) is 6.21. The molecule has 0 unspecified atom stereocenters. The molecule has 120 valence electrons. The van der Waals surface area contributed by atoms with E-state index in [1.54, 1.807) is 0 Å². The smallest absolute Gasteiger partial charge is 0.209 e. The van der Waals surface area contributed by atoms with Crippen molar-refractivity contribution in [1.82, 2.24) is 10.3 Å². The van der Waals surface area contributed by atoms with Gasteiger partial charge in [-0.25, -0.2) is 5.43 Å². The summed E-state index contributed by atoms with van der Waals surface area (Å²) >= 11 is 0. The van der Waals surface area contributed by atoms with Gasteiger partial charge < -0.3 is 5.73 Å². The number of likely N-dealkylation sites (tertiary alicyclic amines) is 1. The van der Waals surface area contributed by atoms with Crippen LogP contribution in [-0.2, 0) is 6.54 Å². The van der Waals surface area contributed by atoms with Gasteiger partial charge in [0.1, 0.15) is 0 Å². The Morgan fingerprint density at radius 2 is 2.09 bits per heavy atom. The van der Waals surface area contributed by atoms with Crippen molar-refractivity contribution in [2.24, 2.45) is 21.7 Å². The summed E-state index contributed by atoms with van der Waals surface area (Å²) in [4.78, 5) is 6.67. The fourth-order valence-electron chi connectivity index (χ4n) is 2.44. The van der Waals surface area contributed by atoms with Crippen molar-refractivity contribution in [3.05, 3.63) is 35.9 Å². The van der Waals surface area contributed by atoms with Gasteiger partial charge in [0.2, 0.25) is 5.96 Å². The van der Waals surface area contributed by atoms with Crippen LogP contribution in [0.1, 0.15) is 32.3 Å². The number of aliphatic imine (C=N–C) groups is 1. The maximum absolute atomic E-state index is 5.82. The molecule has 0 spiro atoms. The van der Waals surface area contributed by atoms with Gasteiger partial charge in [-0.3, -0.25) is 9.89 Å².